The van der Waals surface area contributed by atoms with Gasteiger partial charge >= 0.3 is 6.03 Å². The predicted molar refractivity (Wildman–Crippen MR) is 383 cm³/mol. The number of imidazole rings is 1. The summed E-state index contributed by atoms with van der Waals surface area (Å²) >= 11 is 22.5. The lowest BCUT2D eigenvalue weighted by molar-refractivity contribution is -0.121. The van der Waals surface area contributed by atoms with Gasteiger partial charge in [0, 0.05) is 107 Å². The van der Waals surface area contributed by atoms with Crippen LogP contribution in [0.2, 0.25) is 20.1 Å². The summed E-state index contributed by atoms with van der Waals surface area (Å²) in [7, 11) is -9.13. The number of anilines is 4. The van der Waals surface area contributed by atoms with E-state index in [1.165, 1.54) is 98.5 Å². The molecule has 0 radical (unpaired) electrons. The van der Waals surface area contributed by atoms with E-state index in [2.05, 4.69) is 36.6 Å². The molecule has 5 fully saturated rings. The molecule has 6 aromatic rings. The molecule has 6 heterocycles. The summed E-state index contributed by atoms with van der Waals surface area (Å²) in [6.45, 7) is 7.13. The molecular weight excluding hydrogens is 1470 g/mol. The maximum Gasteiger partial charge on any atom is 0.317 e. The molecule has 0 spiro atoms. The Balaban J connectivity index is 0.000000173. The number of likely N-dealkylation sites (tertiary alicyclic amines) is 1. The van der Waals surface area contributed by atoms with Crippen molar-refractivity contribution in [2.45, 2.75) is 112 Å². The number of hydrogen-bond donors (Lipinski definition) is 5. The van der Waals surface area contributed by atoms with Gasteiger partial charge in [-0.15, -0.1) is 0 Å². The summed E-state index contributed by atoms with van der Waals surface area (Å²) in [5.74, 6) is -5.04. The molecule has 23 nitrogen and oxygen atoms in total. The zero-order valence-corrected chi connectivity index (χ0v) is 61.8. The van der Waals surface area contributed by atoms with Crippen LogP contribution in [0.1, 0.15) is 97.3 Å². The molecule has 5 N–H and O–H groups in total. The molecule has 4 aliphatic heterocycles. The van der Waals surface area contributed by atoms with E-state index < -0.39 is 71.1 Å². The van der Waals surface area contributed by atoms with Crippen molar-refractivity contribution < 1.29 is 66.8 Å². The second-order valence-electron chi connectivity index (χ2n) is 25.8. The van der Waals surface area contributed by atoms with Crippen molar-refractivity contribution in [3.63, 3.8) is 0 Å². The van der Waals surface area contributed by atoms with Crippen LogP contribution in [-0.2, 0) is 56.3 Å². The summed E-state index contributed by atoms with van der Waals surface area (Å²) in [6.07, 6.45) is 15.0. The van der Waals surface area contributed by atoms with E-state index in [4.69, 9.17) is 46.4 Å². The van der Waals surface area contributed by atoms with Gasteiger partial charge in [-0.1, -0.05) is 79.5 Å². The molecule has 4 atom stereocenters. The minimum absolute atomic E-state index is 0.00887. The zero-order valence-electron chi connectivity index (χ0n) is 56.3. The second-order valence-corrected chi connectivity index (χ2v) is 33.5. The Bertz CT molecular complexity index is 4280. The van der Waals surface area contributed by atoms with Gasteiger partial charge in [0.15, 0.2) is 5.03 Å². The first kappa shape index (κ1) is 80.7. The summed E-state index contributed by atoms with van der Waals surface area (Å²) in [5.41, 5.74) is 1.25. The van der Waals surface area contributed by atoms with Gasteiger partial charge in [-0.3, -0.25) is 24.2 Å². The molecule has 554 valence electrons. The smallest absolute Gasteiger partial charge is 0.317 e. The van der Waals surface area contributed by atoms with Crippen LogP contribution in [0.3, 0.4) is 0 Å². The largest absolute Gasteiger partial charge is 0.339 e. The third-order valence-electron chi connectivity index (χ3n) is 17.6. The van der Waals surface area contributed by atoms with Crippen LogP contribution in [0.25, 0.3) is 0 Å². The number of pyridine rings is 1. The molecule has 6 amide bonds. The predicted octanol–water partition coefficient (Wildman–Crippen LogP) is 12.5. The number of carbonyl (C=O) groups excluding carboxylic acids is 5. The Morgan fingerprint density at radius 1 is 0.510 bits per heavy atom. The number of carbonyl (C=O) groups is 5. The van der Waals surface area contributed by atoms with E-state index in [1.54, 1.807) is 28.6 Å². The Hall–Kier alpha value is -7.00. The van der Waals surface area contributed by atoms with Crippen molar-refractivity contribution in [1.82, 2.24) is 37.7 Å². The monoisotopic (exact) mass is 1550 g/mol. The number of hydrogen-bond acceptors (Lipinski definition) is 13. The van der Waals surface area contributed by atoms with Crippen molar-refractivity contribution in [1.29, 1.82) is 0 Å². The second kappa shape index (κ2) is 37.1. The van der Waals surface area contributed by atoms with Crippen LogP contribution >= 0.6 is 46.4 Å². The fraction of sp³-hybridized carbons (Fsp3) is 0.456. The molecule has 102 heavy (non-hydrogen) atoms. The Morgan fingerprint density at radius 3 is 1.28 bits per heavy atom. The van der Waals surface area contributed by atoms with Gasteiger partial charge in [-0.05, 0) is 155 Å². The average Bonchev–Trinajstić information content (AvgIpc) is 1.75. The number of urea groups is 1. The van der Waals surface area contributed by atoms with E-state index in [0.29, 0.717) is 114 Å². The van der Waals surface area contributed by atoms with E-state index >= 15 is 0 Å². The molecule has 5 aliphatic rings. The van der Waals surface area contributed by atoms with Gasteiger partial charge in [0.1, 0.15) is 28.2 Å². The van der Waals surface area contributed by atoms with Crippen LogP contribution < -0.4 is 26.6 Å². The molecule has 11 rings (SSSR count). The van der Waals surface area contributed by atoms with Crippen molar-refractivity contribution in [3.05, 3.63) is 153 Å². The van der Waals surface area contributed by atoms with E-state index in [0.717, 1.165) is 37.8 Å². The quantitative estimate of drug-likeness (QED) is 0.0564. The fourth-order valence-electron chi connectivity index (χ4n) is 12.1. The minimum atomic E-state index is -3.75. The molecular formula is C68H82Cl4F4N12O11S3. The topological polar surface area (TPSA) is 292 Å². The lowest BCUT2D eigenvalue weighted by Gasteiger charge is -2.35. The van der Waals surface area contributed by atoms with Crippen LogP contribution in [0.4, 0.5) is 45.1 Å². The molecule has 0 bridgehead atoms. The summed E-state index contributed by atoms with van der Waals surface area (Å²) < 4.78 is 136. The van der Waals surface area contributed by atoms with Crippen LogP contribution in [0.5, 0.6) is 0 Å². The van der Waals surface area contributed by atoms with Crippen molar-refractivity contribution in [3.8, 4) is 0 Å². The Kier molecular flexibility index (Phi) is 29.4. The molecule has 1 aliphatic carbocycles. The number of piperidine rings is 4. The van der Waals surface area contributed by atoms with Gasteiger partial charge in [0.25, 0.3) is 10.0 Å². The van der Waals surface area contributed by atoms with Crippen LogP contribution in [-0.4, -0.2) is 151 Å². The third-order valence-corrected chi connectivity index (χ3v) is 24.8. The lowest BCUT2D eigenvalue weighted by atomic mass is 9.97. The van der Waals surface area contributed by atoms with E-state index in [-0.39, 0.29) is 102 Å². The maximum atomic E-state index is 13.5. The van der Waals surface area contributed by atoms with E-state index in [9.17, 15) is 66.8 Å². The van der Waals surface area contributed by atoms with Crippen molar-refractivity contribution in [2.24, 2.45) is 36.6 Å². The Morgan fingerprint density at radius 2 is 0.902 bits per heavy atom. The highest BCUT2D eigenvalue weighted by molar-refractivity contribution is 7.90. The highest BCUT2D eigenvalue weighted by Crippen LogP contribution is 2.32. The number of aryl methyl sites for hydroxylation is 1. The average molecular weight is 1560 g/mol. The van der Waals surface area contributed by atoms with E-state index in [1.807, 2.05) is 13.8 Å². The highest BCUT2D eigenvalue weighted by Gasteiger charge is 2.39. The zero-order chi connectivity index (χ0) is 74.1. The first-order valence-electron chi connectivity index (χ1n) is 33.3. The van der Waals surface area contributed by atoms with Crippen LogP contribution in [0, 0.1) is 52.9 Å². The maximum absolute atomic E-state index is 13.5. The third kappa shape index (κ3) is 22.5. The summed E-state index contributed by atoms with van der Waals surface area (Å²) in [6, 6.07) is 19.1. The minimum Gasteiger partial charge on any atom is -0.339 e. The number of amides is 6. The number of nitrogens with one attached hydrogen (secondary N) is 5. The highest BCUT2D eigenvalue weighted by atomic mass is 35.5. The normalized spacial score (nSPS) is 19.5. The number of sulfonamides is 3. The summed E-state index contributed by atoms with van der Waals surface area (Å²) in [4.78, 5) is 71.5. The first-order valence-corrected chi connectivity index (χ1v) is 39.2. The summed E-state index contributed by atoms with van der Waals surface area (Å²) in [5, 5.41) is 13.0. The lowest BCUT2D eigenvalue weighted by Crippen LogP contribution is -2.48. The van der Waals surface area contributed by atoms with Crippen molar-refractivity contribution >= 4 is 129 Å². The van der Waals surface area contributed by atoms with Gasteiger partial charge in [-0.2, -0.15) is 8.61 Å². The Labute approximate surface area is 611 Å². The molecule has 34 heteroatoms. The molecule has 4 saturated heterocycles. The number of rotatable bonds is 16. The first-order chi connectivity index (χ1) is 48.4. The van der Waals surface area contributed by atoms with Gasteiger partial charge in [0.2, 0.25) is 43.7 Å². The van der Waals surface area contributed by atoms with Gasteiger partial charge in [-0.25, -0.2) is 56.9 Å². The fourth-order valence-corrected chi connectivity index (χ4v) is 17.6. The molecule has 4 aromatic carbocycles. The standard InChI is InChI=1S/C18H24ClFN2O3S.C17H17ClFN3O3S.C17H23ClFN3O2.C16H18ClFN4O3S/c19-16-9-8-14(11-17(16)20)21-18(23)13-5-4-10-22(12-13)26(24,25)15-6-2-1-3-7-15;18-15-6-5-13(9-16(15)19)21-17(23)12-3-2-8-22(11-12)26(24,25)14-4-1-7-20-10-14;1-11(2)9-20-17(24)22-7-3-4-12(10-22)16(23)21-13-5-6-14(18)15(19)8-13;1-21-9-15(19-10-21)26(24,25)22-6-2-3-11(8-22)16(23)20-12-4-5-13(17)14(18)7-12/h8-9,11,13,15H,1-7,10,12H2,(H,21,23);1,4-7,9-10,12H,2-3,8,11H2,(H,21,23);5-6,8,11-12H,3-4,7,9-10H2,1-2H3,(H,20,24)(H,21,23);4-5,7,9-11H,2-3,6,8H2,1H3,(H,20,23)/t13-;12-;;11-/m00.0/s1. The SMILES string of the molecule is CC(C)CNC(=O)N1CCCC(C(=O)Nc2ccc(Cl)c(F)c2)C1.Cn1cnc(S(=O)(=O)N2CCC[C@H](C(=O)Nc3ccc(Cl)c(F)c3)C2)c1.O=C(Nc1ccc(Cl)c(F)c1)[C@H]1CCCN(S(=O)(=O)C2CCCCC2)C1.O=C(Nc1ccc(Cl)c(F)c1)[C@H]1CCCN(S(=O)(=O)c2cccnc2)C1. The van der Waals surface area contributed by atoms with Crippen LogP contribution in [0.15, 0.2) is 120 Å². The van der Waals surface area contributed by atoms with Gasteiger partial charge < -0.3 is 36.1 Å². The molecule has 2 aromatic heterocycles. The molecule has 1 saturated carbocycles. The number of aromatic nitrogens is 3. The van der Waals surface area contributed by atoms with Gasteiger partial charge in [0.05, 0.1) is 55.3 Å². The number of benzene rings is 4. The molecule has 1 unspecified atom stereocenters. The number of nitrogens with zero attached hydrogens (tertiary/aromatic N) is 7. The number of halogens is 8. The van der Waals surface area contributed by atoms with Crippen molar-refractivity contribution in [2.75, 3.05) is 80.2 Å².